The van der Waals surface area contributed by atoms with Crippen molar-refractivity contribution < 1.29 is 14.3 Å². The van der Waals surface area contributed by atoms with Gasteiger partial charge in [-0.25, -0.2) is 10.6 Å². The SMILES string of the molecule is NN1C(=O)OC(C2C3CC4CC(C3)CC2C4)C1=O. The number of hydrogen-bond donors (Lipinski definition) is 1. The molecule has 5 fully saturated rings. The first-order chi connectivity index (χ1) is 8.63. The summed E-state index contributed by atoms with van der Waals surface area (Å²) in [6, 6.07) is 0. The van der Waals surface area contributed by atoms with E-state index in [4.69, 9.17) is 10.6 Å². The van der Waals surface area contributed by atoms with Crippen molar-refractivity contribution >= 4 is 12.0 Å². The summed E-state index contributed by atoms with van der Waals surface area (Å²) < 4.78 is 5.22. The van der Waals surface area contributed by atoms with Crippen LogP contribution >= 0.6 is 0 Å². The normalized spacial score (nSPS) is 49.9. The van der Waals surface area contributed by atoms with Crippen LogP contribution in [-0.4, -0.2) is 23.1 Å². The van der Waals surface area contributed by atoms with Crippen molar-refractivity contribution in [3.8, 4) is 0 Å². The lowest BCUT2D eigenvalue weighted by molar-refractivity contribution is -0.140. The van der Waals surface area contributed by atoms with E-state index in [2.05, 4.69) is 0 Å². The largest absolute Gasteiger partial charge is 0.434 e. The second kappa shape index (κ2) is 3.47. The standard InChI is InChI=1S/C13H18N2O3/c14-15-12(16)11(18-13(15)17)10-8-2-6-1-7(4-8)5-9(10)3-6/h6-11H,1-5,14H2. The maximum atomic E-state index is 12.0. The van der Waals surface area contributed by atoms with Crippen molar-refractivity contribution in [1.29, 1.82) is 0 Å². The molecule has 1 heterocycles. The van der Waals surface area contributed by atoms with Crippen molar-refractivity contribution in [3.05, 3.63) is 0 Å². The lowest BCUT2D eigenvalue weighted by atomic mass is 9.51. The van der Waals surface area contributed by atoms with Gasteiger partial charge < -0.3 is 4.74 Å². The van der Waals surface area contributed by atoms with Gasteiger partial charge in [0.2, 0.25) is 0 Å². The fraction of sp³-hybridized carbons (Fsp3) is 0.846. The van der Waals surface area contributed by atoms with Gasteiger partial charge in [0.25, 0.3) is 5.91 Å². The molecule has 0 aromatic rings. The quantitative estimate of drug-likeness (QED) is 0.562. The summed E-state index contributed by atoms with van der Waals surface area (Å²) in [5, 5.41) is 0.649. The predicted octanol–water partition coefficient (Wildman–Crippen LogP) is 1.28. The number of rotatable bonds is 1. The maximum Gasteiger partial charge on any atom is 0.432 e. The molecule has 0 aromatic carbocycles. The minimum atomic E-state index is -0.682. The number of nitrogens with two attached hydrogens (primary N) is 1. The molecular weight excluding hydrogens is 232 g/mol. The second-order valence-electron chi connectivity index (χ2n) is 6.52. The molecule has 98 valence electrons. The molecular formula is C13H18N2O3. The first-order valence-corrected chi connectivity index (χ1v) is 6.92. The number of imide groups is 1. The lowest BCUT2D eigenvalue weighted by Gasteiger charge is -2.55. The smallest absolute Gasteiger partial charge is 0.432 e. The molecule has 5 heteroatoms. The summed E-state index contributed by atoms with van der Waals surface area (Å²) in [7, 11) is 0. The van der Waals surface area contributed by atoms with E-state index in [1.54, 1.807) is 0 Å². The first-order valence-electron chi connectivity index (χ1n) is 6.92. The van der Waals surface area contributed by atoms with Crippen LogP contribution in [0.25, 0.3) is 0 Å². The Hall–Kier alpha value is -1.10. The van der Waals surface area contributed by atoms with E-state index in [0.717, 1.165) is 11.8 Å². The van der Waals surface area contributed by atoms with Crippen molar-refractivity contribution in [2.75, 3.05) is 0 Å². The highest BCUT2D eigenvalue weighted by atomic mass is 16.6. The van der Waals surface area contributed by atoms with Gasteiger partial charge in [0, 0.05) is 5.92 Å². The zero-order valence-electron chi connectivity index (χ0n) is 10.2. The molecule has 18 heavy (non-hydrogen) atoms. The molecule has 1 atom stereocenters. The molecule has 1 unspecified atom stereocenters. The van der Waals surface area contributed by atoms with Crippen LogP contribution in [-0.2, 0) is 9.53 Å². The van der Waals surface area contributed by atoms with Crippen molar-refractivity contribution in [2.24, 2.45) is 35.4 Å². The molecule has 4 aliphatic carbocycles. The number of carbonyl (C=O) groups is 2. The Balaban J connectivity index is 1.62. The number of nitrogens with zero attached hydrogens (tertiary/aromatic N) is 1. The van der Waals surface area contributed by atoms with E-state index in [1.807, 2.05) is 0 Å². The molecule has 2 N–H and O–H groups in total. The highest BCUT2D eigenvalue weighted by Gasteiger charge is 2.56. The molecule has 1 saturated heterocycles. The van der Waals surface area contributed by atoms with Gasteiger partial charge in [-0.3, -0.25) is 4.79 Å². The second-order valence-corrected chi connectivity index (χ2v) is 6.52. The highest BCUT2D eigenvalue weighted by Crippen LogP contribution is 2.58. The molecule has 4 bridgehead atoms. The minimum absolute atomic E-state index is 0.225. The summed E-state index contributed by atoms with van der Waals surface area (Å²) in [5.74, 6) is 8.14. The van der Waals surface area contributed by atoms with Gasteiger partial charge in [-0.15, -0.1) is 0 Å². The third kappa shape index (κ3) is 1.31. The molecule has 5 nitrogen and oxygen atoms in total. The average molecular weight is 250 g/mol. The zero-order valence-corrected chi connectivity index (χ0v) is 10.2. The number of amides is 2. The van der Waals surface area contributed by atoms with Crippen LogP contribution in [0.2, 0.25) is 0 Å². The Morgan fingerprint density at radius 3 is 2.00 bits per heavy atom. The van der Waals surface area contributed by atoms with Gasteiger partial charge >= 0.3 is 6.09 Å². The van der Waals surface area contributed by atoms with E-state index in [0.29, 0.717) is 16.8 Å². The molecule has 5 rings (SSSR count). The van der Waals surface area contributed by atoms with E-state index < -0.39 is 12.2 Å². The van der Waals surface area contributed by atoms with E-state index in [-0.39, 0.29) is 11.8 Å². The van der Waals surface area contributed by atoms with Crippen molar-refractivity contribution in [3.63, 3.8) is 0 Å². The summed E-state index contributed by atoms with van der Waals surface area (Å²) in [5.41, 5.74) is 0. The minimum Gasteiger partial charge on any atom is -0.434 e. The number of cyclic esters (lactones) is 1. The van der Waals surface area contributed by atoms with Crippen LogP contribution in [0.3, 0.4) is 0 Å². The average Bonchev–Trinajstić information content (AvgIpc) is 2.56. The highest BCUT2D eigenvalue weighted by molar-refractivity contribution is 5.99. The summed E-state index contributed by atoms with van der Waals surface area (Å²) in [6.07, 6.45) is 4.94. The molecule has 4 saturated carbocycles. The first kappa shape index (κ1) is 10.8. The Kier molecular flexibility index (Phi) is 2.08. The lowest BCUT2D eigenvalue weighted by Crippen LogP contribution is -2.51. The Bertz CT molecular complexity index is 394. The number of ether oxygens (including phenoxy) is 1. The molecule has 0 spiro atoms. The third-order valence-electron chi connectivity index (χ3n) is 5.55. The van der Waals surface area contributed by atoms with Crippen LogP contribution < -0.4 is 5.84 Å². The van der Waals surface area contributed by atoms with Gasteiger partial charge in [-0.05, 0) is 55.8 Å². The van der Waals surface area contributed by atoms with Crippen LogP contribution in [0.5, 0.6) is 0 Å². The van der Waals surface area contributed by atoms with Gasteiger partial charge in [0.1, 0.15) is 0 Å². The fourth-order valence-electron chi connectivity index (χ4n) is 5.15. The zero-order chi connectivity index (χ0) is 12.4. The molecule has 1 aliphatic heterocycles. The summed E-state index contributed by atoms with van der Waals surface area (Å²) >= 11 is 0. The maximum absolute atomic E-state index is 12.0. The molecule has 0 aromatic heterocycles. The summed E-state index contributed by atoms with van der Waals surface area (Å²) in [6.45, 7) is 0. The molecule has 5 aliphatic rings. The molecule has 0 radical (unpaired) electrons. The van der Waals surface area contributed by atoms with Crippen LogP contribution in [0, 0.1) is 29.6 Å². The Labute approximate surface area is 106 Å². The molecule has 2 amide bonds. The number of hydrazine groups is 1. The fourth-order valence-corrected chi connectivity index (χ4v) is 5.15. The third-order valence-corrected chi connectivity index (χ3v) is 5.55. The van der Waals surface area contributed by atoms with Crippen LogP contribution in [0.1, 0.15) is 32.1 Å². The van der Waals surface area contributed by atoms with Crippen molar-refractivity contribution in [2.45, 2.75) is 38.2 Å². The van der Waals surface area contributed by atoms with Gasteiger partial charge in [-0.1, -0.05) is 0 Å². The predicted molar refractivity (Wildman–Crippen MR) is 61.8 cm³/mol. The topological polar surface area (TPSA) is 72.6 Å². The van der Waals surface area contributed by atoms with Crippen LogP contribution in [0.15, 0.2) is 0 Å². The van der Waals surface area contributed by atoms with E-state index in [1.165, 1.54) is 32.1 Å². The van der Waals surface area contributed by atoms with E-state index in [9.17, 15) is 9.59 Å². The monoisotopic (exact) mass is 250 g/mol. The van der Waals surface area contributed by atoms with Gasteiger partial charge in [0.15, 0.2) is 6.10 Å². The van der Waals surface area contributed by atoms with E-state index >= 15 is 0 Å². The summed E-state index contributed by atoms with van der Waals surface area (Å²) in [4.78, 5) is 23.4. The van der Waals surface area contributed by atoms with Crippen molar-refractivity contribution in [1.82, 2.24) is 5.01 Å². The Morgan fingerprint density at radius 1 is 1.00 bits per heavy atom. The van der Waals surface area contributed by atoms with Crippen LogP contribution in [0.4, 0.5) is 4.79 Å². The number of hydrogen-bond acceptors (Lipinski definition) is 4. The number of carbonyl (C=O) groups excluding carboxylic acids is 2. The van der Waals surface area contributed by atoms with Gasteiger partial charge in [-0.2, -0.15) is 5.01 Å². The van der Waals surface area contributed by atoms with Gasteiger partial charge in [0.05, 0.1) is 0 Å². The Morgan fingerprint density at radius 2 is 1.56 bits per heavy atom.